The van der Waals surface area contributed by atoms with Gasteiger partial charge in [0, 0.05) is 168 Å². The fourth-order valence-corrected chi connectivity index (χ4v) is 14.7. The Hall–Kier alpha value is -4.81. The van der Waals surface area contributed by atoms with Crippen molar-refractivity contribution in [2.24, 2.45) is 64.6 Å². The van der Waals surface area contributed by atoms with E-state index in [0.717, 1.165) is 0 Å². The molecule has 758 valence electrons. The molecule has 3 rings (SSSR count). The molecule has 0 aromatic rings. The summed E-state index contributed by atoms with van der Waals surface area (Å²) in [6.45, 7) is 40.3. The maximum Gasteiger partial charge on any atom is 0.302 e. The van der Waals surface area contributed by atoms with Gasteiger partial charge in [0.15, 0.2) is 18.9 Å². The maximum absolute atomic E-state index is 14.1. The molecular formula is C95H170N2O33. The maximum atomic E-state index is 14.1. The monoisotopic (exact) mass is 1870 g/mol. The summed E-state index contributed by atoms with van der Waals surface area (Å²) < 4.78 is 140. The Morgan fingerprint density at radius 1 is 0.300 bits per heavy atom. The molecule has 130 heavy (non-hydrogen) atoms. The molecular weight excluding hydrogens is 1700 g/mol. The average molecular weight is 1870 g/mol. The second-order valence-electron chi connectivity index (χ2n) is 34.9. The molecule has 0 aromatic heterocycles. The lowest BCUT2D eigenvalue weighted by atomic mass is 9.79. The third kappa shape index (κ3) is 56.6. The Bertz CT molecular complexity index is 2710. The van der Waals surface area contributed by atoms with Crippen LogP contribution in [0.3, 0.4) is 0 Å². The summed E-state index contributed by atoms with van der Waals surface area (Å²) >= 11 is 0. The van der Waals surface area contributed by atoms with Crippen molar-refractivity contribution in [1.29, 1.82) is 0 Å². The van der Waals surface area contributed by atoms with Crippen LogP contribution in [0.2, 0.25) is 0 Å². The van der Waals surface area contributed by atoms with Crippen LogP contribution in [-0.4, -0.2) is 340 Å². The average Bonchev–Trinajstić information content (AvgIpc) is 0.828. The number of nitrogens with one attached hydrogen (secondary N) is 2. The first kappa shape index (κ1) is 119. The number of hydrogen-bond acceptors (Lipinski definition) is 33. The molecule has 0 aliphatic carbocycles. The molecule has 35 nitrogen and oxygen atoms in total. The van der Waals surface area contributed by atoms with Crippen molar-refractivity contribution in [3.8, 4) is 0 Å². The first-order valence-corrected chi connectivity index (χ1v) is 48.1. The molecule has 16 unspecified atom stereocenters. The van der Waals surface area contributed by atoms with Gasteiger partial charge in [0.1, 0.15) is 49.0 Å². The van der Waals surface area contributed by atoms with E-state index in [1.165, 1.54) is 20.8 Å². The fourth-order valence-electron chi connectivity index (χ4n) is 14.7. The van der Waals surface area contributed by atoms with Crippen LogP contribution in [0.15, 0.2) is 0 Å². The first-order valence-electron chi connectivity index (χ1n) is 48.1. The predicted molar refractivity (Wildman–Crippen MR) is 480 cm³/mol. The van der Waals surface area contributed by atoms with Gasteiger partial charge >= 0.3 is 17.9 Å². The Morgan fingerprint density at radius 2 is 0.562 bits per heavy atom. The number of carbonyl (C=O) groups excluding carboxylic acids is 9. The van der Waals surface area contributed by atoms with Crippen molar-refractivity contribution in [2.45, 2.75) is 250 Å². The standard InChI is InChI=1S/C95H170N2O33/c1-16-89(105)97-90(69(2)3)91(106)96-31-17-24-85(104)62-95(66-119-38-21-35-107-41-28-82(101)25-18-32-110-44-47-113-50-53-116-56-59-122-92-76(10)70(4)73(7)86(128-92)63-125-79(13)98,67-120-39-22-36-108-42-29-83(102)26-19-33-111-45-48-114-51-54-117-57-60-123-93-77(11)71(5)74(8)87(129-93)64-126-80(14)99)68-121-40-23-37-109-43-30-84(103)27-20-34-112-46-49-115-52-55-118-58-61-124-94-78(12)72(6)75(9)88(130-94)65-127-81(15)100/h69-78,86-88,90,92-94H,16-68H2,1-15H3,(H,96,106)(H,97,105). The van der Waals surface area contributed by atoms with E-state index in [1.807, 2.05) is 13.8 Å². The highest BCUT2D eigenvalue weighted by Gasteiger charge is 2.43. The SMILES string of the molecule is CCC(=O)NC(C(=O)NCCCC(=O)CC(COCCCOCCC(=O)CCCOCCOCCOCCOC1OC(COC(C)=O)C(C)C(C)C1C)(COCCCOCCC(=O)CCCOCCOCCOCCOC1OC(COC(C)=O)C(C)C(C)C1C)COCCCOCCC(=O)CCCOCCOCCOCCOC1OC(COC(C)=O)C(C)C(C)C1C)C(C)C. The number of Topliss-reactive ketones (excluding diaryl/α,β-unsaturated/α-hetero) is 4. The van der Waals surface area contributed by atoms with Crippen LogP contribution < -0.4 is 10.6 Å². The summed E-state index contributed by atoms with van der Waals surface area (Å²) in [6.07, 6.45) is 3.79. The Labute approximate surface area is 775 Å². The number of ketones is 4. The van der Waals surface area contributed by atoms with Crippen molar-refractivity contribution >= 4 is 52.9 Å². The molecule has 0 aromatic carbocycles. The van der Waals surface area contributed by atoms with Crippen molar-refractivity contribution in [1.82, 2.24) is 10.6 Å². The summed E-state index contributed by atoms with van der Waals surface area (Å²) in [6, 6.07) is -0.724. The van der Waals surface area contributed by atoms with Gasteiger partial charge in [-0.2, -0.15) is 0 Å². The normalized spacial score (nSPS) is 23.0. The number of rotatable bonds is 85. The fraction of sp³-hybridized carbons (Fsp3) is 0.905. The molecule has 3 aliphatic rings. The minimum absolute atomic E-state index is 0.0302. The lowest BCUT2D eigenvalue weighted by Gasteiger charge is -2.43. The molecule has 2 amide bonds. The van der Waals surface area contributed by atoms with E-state index >= 15 is 0 Å². The second-order valence-corrected chi connectivity index (χ2v) is 34.9. The van der Waals surface area contributed by atoms with Crippen molar-refractivity contribution in [3.63, 3.8) is 0 Å². The van der Waals surface area contributed by atoms with Gasteiger partial charge < -0.3 is 124 Å². The Balaban J connectivity index is 1.43. The number of carbonyl (C=O) groups is 9. The summed E-state index contributed by atoms with van der Waals surface area (Å²) in [5.74, 6) is 0.455. The van der Waals surface area contributed by atoms with Crippen LogP contribution in [0.25, 0.3) is 0 Å². The van der Waals surface area contributed by atoms with Gasteiger partial charge in [-0.3, -0.25) is 43.2 Å². The molecule has 0 saturated carbocycles. The van der Waals surface area contributed by atoms with Crippen LogP contribution in [0.1, 0.15) is 207 Å². The number of amides is 2. The highest BCUT2D eigenvalue weighted by atomic mass is 16.7. The quantitative estimate of drug-likeness (QED) is 0.0325. The van der Waals surface area contributed by atoms with Crippen LogP contribution in [0.4, 0.5) is 0 Å². The summed E-state index contributed by atoms with van der Waals surface area (Å²) in [7, 11) is 0. The van der Waals surface area contributed by atoms with Gasteiger partial charge in [-0.1, -0.05) is 83.1 Å². The van der Waals surface area contributed by atoms with Gasteiger partial charge in [0.25, 0.3) is 0 Å². The third-order valence-corrected chi connectivity index (χ3v) is 23.9. The van der Waals surface area contributed by atoms with E-state index in [4.69, 9.17) is 114 Å². The van der Waals surface area contributed by atoms with E-state index in [9.17, 15) is 43.2 Å². The highest BCUT2D eigenvalue weighted by molar-refractivity contribution is 5.88. The van der Waals surface area contributed by atoms with E-state index in [0.29, 0.717) is 241 Å². The second kappa shape index (κ2) is 75.3. The van der Waals surface area contributed by atoms with E-state index < -0.39 is 30.3 Å². The number of esters is 3. The molecule has 0 spiro atoms. The van der Waals surface area contributed by atoms with Gasteiger partial charge in [-0.05, 0) is 86.4 Å². The largest absolute Gasteiger partial charge is 0.463 e. The molecule has 2 N–H and O–H groups in total. The molecule has 35 heteroatoms. The summed E-state index contributed by atoms with van der Waals surface area (Å²) in [4.78, 5) is 112. The number of ether oxygens (including phenoxy) is 24. The smallest absolute Gasteiger partial charge is 0.302 e. The first-order chi connectivity index (χ1) is 62.6. The van der Waals surface area contributed by atoms with Crippen LogP contribution in [0.5, 0.6) is 0 Å². The molecule has 3 fully saturated rings. The topological polar surface area (TPSA) is 399 Å². The van der Waals surface area contributed by atoms with Crippen molar-refractivity contribution in [2.75, 3.05) is 244 Å². The molecule has 3 saturated heterocycles. The molecule has 0 radical (unpaired) electrons. The lowest BCUT2D eigenvalue weighted by molar-refractivity contribution is -0.258. The lowest BCUT2D eigenvalue weighted by Crippen LogP contribution is -2.49. The highest BCUT2D eigenvalue weighted by Crippen LogP contribution is 2.39. The minimum atomic E-state index is -0.951. The third-order valence-electron chi connectivity index (χ3n) is 23.9. The van der Waals surface area contributed by atoms with Gasteiger partial charge in [-0.15, -0.1) is 0 Å². The van der Waals surface area contributed by atoms with Crippen LogP contribution in [0, 0.1) is 64.6 Å². The van der Waals surface area contributed by atoms with E-state index in [1.54, 1.807) is 6.92 Å². The van der Waals surface area contributed by atoms with E-state index in [2.05, 4.69) is 72.9 Å². The van der Waals surface area contributed by atoms with Crippen molar-refractivity contribution in [3.05, 3.63) is 0 Å². The Kier molecular flexibility index (Phi) is 69.1. The van der Waals surface area contributed by atoms with Crippen LogP contribution in [-0.2, 0) is 157 Å². The van der Waals surface area contributed by atoms with Crippen LogP contribution >= 0.6 is 0 Å². The molecule has 16 atom stereocenters. The van der Waals surface area contributed by atoms with Gasteiger partial charge in [0.05, 0.1) is 177 Å². The zero-order valence-corrected chi connectivity index (χ0v) is 81.8. The zero-order chi connectivity index (χ0) is 95.4. The van der Waals surface area contributed by atoms with E-state index in [-0.39, 0.29) is 237 Å². The summed E-state index contributed by atoms with van der Waals surface area (Å²) in [5.41, 5.74) is -0.951. The Morgan fingerprint density at radius 3 is 0.846 bits per heavy atom. The van der Waals surface area contributed by atoms with Crippen molar-refractivity contribution < 1.29 is 157 Å². The molecule has 3 aliphatic heterocycles. The number of hydrogen-bond donors (Lipinski definition) is 2. The predicted octanol–water partition coefficient (Wildman–Crippen LogP) is 9.66. The van der Waals surface area contributed by atoms with Gasteiger partial charge in [-0.25, -0.2) is 0 Å². The van der Waals surface area contributed by atoms with Gasteiger partial charge in [0.2, 0.25) is 11.8 Å². The molecule has 0 bridgehead atoms. The summed E-state index contributed by atoms with van der Waals surface area (Å²) in [5, 5.41) is 5.68. The minimum Gasteiger partial charge on any atom is -0.463 e. The zero-order valence-electron chi connectivity index (χ0n) is 81.8. The molecule has 3 heterocycles.